The highest BCUT2D eigenvalue weighted by atomic mass is 32.2. The Morgan fingerprint density at radius 1 is 1.27 bits per heavy atom. The number of rotatable bonds is 5. The summed E-state index contributed by atoms with van der Waals surface area (Å²) in [4.78, 5) is 4.24. The first-order valence-corrected chi connectivity index (χ1v) is 8.91. The van der Waals surface area contributed by atoms with Crippen LogP contribution in [0.25, 0.3) is 0 Å². The van der Waals surface area contributed by atoms with Crippen molar-refractivity contribution in [2.24, 2.45) is 5.73 Å². The van der Waals surface area contributed by atoms with Crippen molar-refractivity contribution in [2.75, 3.05) is 6.54 Å². The Bertz CT molecular complexity index is 717. The van der Waals surface area contributed by atoms with E-state index in [2.05, 4.69) is 9.71 Å². The van der Waals surface area contributed by atoms with Gasteiger partial charge in [0.15, 0.2) is 5.03 Å². The van der Waals surface area contributed by atoms with Crippen molar-refractivity contribution in [1.29, 1.82) is 0 Å². The molecule has 0 bridgehead atoms. The van der Waals surface area contributed by atoms with E-state index in [1.165, 1.54) is 0 Å². The fraction of sp³-hybridized carbons (Fsp3) is 0.400. The average Bonchev–Trinajstić information content (AvgIpc) is 2.98. The highest BCUT2D eigenvalue weighted by molar-refractivity contribution is 7.89. The van der Waals surface area contributed by atoms with Crippen LogP contribution in [0.5, 0.6) is 0 Å². The topological polar surface area (TPSA) is 90.0 Å². The Hall–Kier alpha value is -1.70. The number of imidazole rings is 1. The number of nitrogens with zero attached hydrogens (tertiary/aromatic N) is 2. The molecule has 1 aromatic carbocycles. The number of aryl methyl sites for hydroxylation is 2. The van der Waals surface area contributed by atoms with Crippen molar-refractivity contribution >= 4 is 10.0 Å². The first-order valence-electron chi connectivity index (χ1n) is 7.42. The zero-order valence-corrected chi connectivity index (χ0v) is 13.1. The van der Waals surface area contributed by atoms with E-state index < -0.39 is 10.0 Å². The maximum atomic E-state index is 12.3. The van der Waals surface area contributed by atoms with Gasteiger partial charge in [-0.25, -0.2) is 18.1 Å². The second-order valence-electron chi connectivity index (χ2n) is 5.51. The van der Waals surface area contributed by atoms with Gasteiger partial charge in [0.2, 0.25) is 0 Å². The van der Waals surface area contributed by atoms with Gasteiger partial charge in [0.25, 0.3) is 10.0 Å². The predicted octanol–water partition coefficient (Wildman–Crippen LogP) is 1.20. The molecule has 1 aliphatic heterocycles. The summed E-state index contributed by atoms with van der Waals surface area (Å²) in [6.45, 7) is 0.982. The van der Waals surface area contributed by atoms with E-state index in [-0.39, 0.29) is 17.6 Å². The molecule has 3 N–H and O–H groups in total. The number of fused-ring (bicyclic) bond motifs is 1. The van der Waals surface area contributed by atoms with Crippen molar-refractivity contribution in [3.05, 3.63) is 47.9 Å². The molecule has 1 aromatic heterocycles. The van der Waals surface area contributed by atoms with Crippen LogP contribution in [0.2, 0.25) is 0 Å². The van der Waals surface area contributed by atoms with Crippen LogP contribution >= 0.6 is 0 Å². The predicted molar refractivity (Wildman–Crippen MR) is 83.7 cm³/mol. The van der Waals surface area contributed by atoms with Crippen LogP contribution in [-0.2, 0) is 23.0 Å². The van der Waals surface area contributed by atoms with Crippen LogP contribution < -0.4 is 10.5 Å². The second kappa shape index (κ2) is 6.20. The molecule has 0 saturated heterocycles. The molecular weight excluding hydrogens is 300 g/mol. The Labute approximate surface area is 130 Å². The molecule has 7 heteroatoms. The van der Waals surface area contributed by atoms with Gasteiger partial charge in [0.05, 0.1) is 0 Å². The monoisotopic (exact) mass is 320 g/mol. The van der Waals surface area contributed by atoms with Gasteiger partial charge in [-0.2, -0.15) is 0 Å². The second-order valence-corrected chi connectivity index (χ2v) is 7.23. The molecule has 22 heavy (non-hydrogen) atoms. The molecule has 2 heterocycles. The van der Waals surface area contributed by atoms with Gasteiger partial charge in [-0.1, -0.05) is 30.3 Å². The number of nitrogens with one attached hydrogen (secondary N) is 1. The number of sulfonamides is 1. The SMILES string of the molecule is NC(CNS(=O)(=O)c1cn2c(n1)CCCC2)c1ccccc1. The minimum atomic E-state index is -3.62. The van der Waals surface area contributed by atoms with Crippen LogP contribution in [-0.4, -0.2) is 24.5 Å². The highest BCUT2D eigenvalue weighted by Crippen LogP contribution is 2.17. The lowest BCUT2D eigenvalue weighted by Crippen LogP contribution is -2.32. The molecular formula is C15H20N4O2S. The number of hydrogen-bond acceptors (Lipinski definition) is 4. The lowest BCUT2D eigenvalue weighted by molar-refractivity contribution is 0.522. The van der Waals surface area contributed by atoms with E-state index in [0.29, 0.717) is 0 Å². The molecule has 2 aromatic rings. The maximum Gasteiger partial charge on any atom is 0.259 e. The van der Waals surface area contributed by atoms with E-state index in [1.807, 2.05) is 34.9 Å². The minimum Gasteiger partial charge on any atom is -0.333 e. The van der Waals surface area contributed by atoms with E-state index in [4.69, 9.17) is 5.73 Å². The first-order chi connectivity index (χ1) is 10.6. The van der Waals surface area contributed by atoms with Gasteiger partial charge in [-0.3, -0.25) is 0 Å². The normalized spacial score (nSPS) is 16.2. The fourth-order valence-electron chi connectivity index (χ4n) is 2.61. The van der Waals surface area contributed by atoms with Gasteiger partial charge in [-0.05, 0) is 18.4 Å². The molecule has 0 spiro atoms. The lowest BCUT2D eigenvalue weighted by Gasteiger charge is -2.12. The van der Waals surface area contributed by atoms with Crippen molar-refractivity contribution in [3.63, 3.8) is 0 Å². The van der Waals surface area contributed by atoms with Crippen LogP contribution in [0, 0.1) is 0 Å². The lowest BCUT2D eigenvalue weighted by atomic mass is 10.1. The largest absolute Gasteiger partial charge is 0.333 e. The van der Waals surface area contributed by atoms with Crippen molar-refractivity contribution < 1.29 is 8.42 Å². The standard InChI is InChI=1S/C15H20N4O2S/c16-13(12-6-2-1-3-7-12)10-17-22(20,21)15-11-19-9-5-4-8-14(19)18-15/h1-3,6-7,11,13,17H,4-5,8-10,16H2. The summed E-state index contributed by atoms with van der Waals surface area (Å²) in [6.07, 6.45) is 4.57. The molecule has 0 aliphatic carbocycles. The third-order valence-electron chi connectivity index (χ3n) is 3.88. The number of benzene rings is 1. The molecule has 1 aliphatic rings. The molecule has 1 unspecified atom stereocenters. The summed E-state index contributed by atoms with van der Waals surface area (Å²) < 4.78 is 29.2. The van der Waals surface area contributed by atoms with E-state index in [9.17, 15) is 8.42 Å². The summed E-state index contributed by atoms with van der Waals surface area (Å²) in [5.74, 6) is 0.846. The highest BCUT2D eigenvalue weighted by Gasteiger charge is 2.22. The smallest absolute Gasteiger partial charge is 0.259 e. The fourth-order valence-corrected chi connectivity index (χ4v) is 3.65. The Morgan fingerprint density at radius 2 is 2.05 bits per heavy atom. The van der Waals surface area contributed by atoms with Crippen LogP contribution in [0.3, 0.4) is 0 Å². The number of nitrogens with two attached hydrogens (primary N) is 1. The van der Waals surface area contributed by atoms with Crippen molar-refractivity contribution in [2.45, 2.75) is 36.9 Å². The summed E-state index contributed by atoms with van der Waals surface area (Å²) in [7, 11) is -3.62. The van der Waals surface area contributed by atoms with Crippen LogP contribution in [0.4, 0.5) is 0 Å². The Kier molecular flexibility index (Phi) is 4.28. The van der Waals surface area contributed by atoms with Gasteiger partial charge in [0, 0.05) is 31.7 Å². The summed E-state index contributed by atoms with van der Waals surface area (Å²) in [5, 5.41) is 0.0876. The quantitative estimate of drug-likeness (QED) is 0.866. The van der Waals surface area contributed by atoms with Crippen molar-refractivity contribution in [3.8, 4) is 0 Å². The van der Waals surface area contributed by atoms with Gasteiger partial charge in [-0.15, -0.1) is 0 Å². The van der Waals surface area contributed by atoms with E-state index in [0.717, 1.165) is 37.2 Å². The zero-order valence-electron chi connectivity index (χ0n) is 12.3. The molecule has 1 atom stereocenters. The third kappa shape index (κ3) is 3.21. The molecule has 0 amide bonds. The van der Waals surface area contributed by atoms with Crippen LogP contribution in [0.15, 0.2) is 41.6 Å². The summed E-state index contributed by atoms with van der Waals surface area (Å²) in [6, 6.07) is 9.05. The molecule has 118 valence electrons. The molecule has 6 nitrogen and oxygen atoms in total. The van der Waals surface area contributed by atoms with Gasteiger partial charge < -0.3 is 10.3 Å². The van der Waals surface area contributed by atoms with Crippen LogP contribution in [0.1, 0.15) is 30.3 Å². The molecule has 0 fully saturated rings. The number of aromatic nitrogens is 2. The first kappa shape index (κ1) is 15.2. The van der Waals surface area contributed by atoms with Crippen molar-refractivity contribution in [1.82, 2.24) is 14.3 Å². The minimum absolute atomic E-state index is 0.0876. The molecule has 0 saturated carbocycles. The Morgan fingerprint density at radius 3 is 2.77 bits per heavy atom. The zero-order chi connectivity index (χ0) is 15.6. The van der Waals surface area contributed by atoms with Gasteiger partial charge >= 0.3 is 0 Å². The molecule has 3 rings (SSSR count). The summed E-state index contributed by atoms with van der Waals surface area (Å²) in [5.41, 5.74) is 6.92. The average molecular weight is 320 g/mol. The third-order valence-corrected chi connectivity index (χ3v) is 5.18. The molecule has 0 radical (unpaired) electrons. The van der Waals surface area contributed by atoms with E-state index in [1.54, 1.807) is 6.20 Å². The Balaban J connectivity index is 1.70. The maximum absolute atomic E-state index is 12.3. The van der Waals surface area contributed by atoms with E-state index >= 15 is 0 Å². The summed E-state index contributed by atoms with van der Waals surface area (Å²) >= 11 is 0. The number of hydrogen-bond donors (Lipinski definition) is 2. The van der Waals surface area contributed by atoms with Gasteiger partial charge in [0.1, 0.15) is 5.82 Å².